The number of nitrogens with one attached hydrogen (secondary N) is 1. The third-order valence-corrected chi connectivity index (χ3v) is 5.01. The molecule has 2 aromatic rings. The maximum atomic E-state index is 5.19. The largest absolute Gasteiger partial charge is 0.378 e. The standard InChI is InChI=1S/C13H18N4OS2/c1-7(2)14-13-17-16-12(20-13)11-10(8-4-5-8)15-9(19-11)6-18-3/h7-8H,4-6H2,1-3H3,(H,14,17). The first-order chi connectivity index (χ1) is 9.67. The molecule has 0 atom stereocenters. The molecule has 5 nitrogen and oxygen atoms in total. The van der Waals surface area contributed by atoms with E-state index in [0.29, 0.717) is 18.6 Å². The van der Waals surface area contributed by atoms with Crippen LogP contribution in [0.4, 0.5) is 5.13 Å². The van der Waals surface area contributed by atoms with Crippen molar-refractivity contribution in [2.45, 2.75) is 45.3 Å². The number of thiazole rings is 1. The van der Waals surface area contributed by atoms with E-state index in [0.717, 1.165) is 15.1 Å². The summed E-state index contributed by atoms with van der Waals surface area (Å²) in [6.45, 7) is 4.76. The molecule has 0 bridgehead atoms. The third kappa shape index (κ3) is 2.99. The molecule has 0 amide bonds. The van der Waals surface area contributed by atoms with E-state index in [-0.39, 0.29) is 0 Å². The molecule has 2 aromatic heterocycles. The topological polar surface area (TPSA) is 59.9 Å². The van der Waals surface area contributed by atoms with E-state index in [1.165, 1.54) is 23.4 Å². The lowest BCUT2D eigenvalue weighted by molar-refractivity contribution is 0.184. The predicted molar refractivity (Wildman–Crippen MR) is 82.5 cm³/mol. The van der Waals surface area contributed by atoms with Crippen LogP contribution < -0.4 is 5.32 Å². The Hall–Kier alpha value is -1.05. The van der Waals surface area contributed by atoms with Gasteiger partial charge in [-0.05, 0) is 26.7 Å². The Balaban J connectivity index is 1.89. The molecule has 0 radical (unpaired) electrons. The molecular weight excluding hydrogens is 292 g/mol. The van der Waals surface area contributed by atoms with Gasteiger partial charge in [-0.1, -0.05) is 11.3 Å². The Labute approximate surface area is 126 Å². The van der Waals surface area contributed by atoms with Crippen LogP contribution in [0.15, 0.2) is 0 Å². The van der Waals surface area contributed by atoms with Gasteiger partial charge in [0, 0.05) is 19.1 Å². The van der Waals surface area contributed by atoms with Crippen LogP contribution in [0.2, 0.25) is 0 Å². The molecule has 0 spiro atoms. The average Bonchev–Trinajstić information content (AvgIpc) is 2.99. The Kier molecular flexibility index (Phi) is 4.00. The van der Waals surface area contributed by atoms with E-state index in [2.05, 4.69) is 29.4 Å². The molecular formula is C13H18N4OS2. The van der Waals surface area contributed by atoms with Crippen LogP contribution in [-0.4, -0.2) is 28.3 Å². The van der Waals surface area contributed by atoms with Crippen LogP contribution in [0.25, 0.3) is 9.88 Å². The summed E-state index contributed by atoms with van der Waals surface area (Å²) in [5.74, 6) is 0.609. The van der Waals surface area contributed by atoms with Crippen molar-refractivity contribution in [3.63, 3.8) is 0 Å². The first kappa shape index (κ1) is 13.9. The second kappa shape index (κ2) is 5.75. The highest BCUT2D eigenvalue weighted by Crippen LogP contribution is 2.47. The zero-order chi connectivity index (χ0) is 14.1. The fourth-order valence-corrected chi connectivity index (χ4v) is 4.06. The lowest BCUT2D eigenvalue weighted by atomic mass is 10.2. The van der Waals surface area contributed by atoms with E-state index in [1.54, 1.807) is 29.8 Å². The molecule has 1 aliphatic rings. The van der Waals surface area contributed by atoms with Crippen LogP contribution in [0.3, 0.4) is 0 Å². The summed E-state index contributed by atoms with van der Waals surface area (Å²) in [5, 5.41) is 14.7. The molecule has 0 aliphatic heterocycles. The second-order valence-electron chi connectivity index (χ2n) is 5.24. The lowest BCUT2D eigenvalue weighted by Crippen LogP contribution is -2.08. The molecule has 1 fully saturated rings. The minimum absolute atomic E-state index is 0.365. The van der Waals surface area contributed by atoms with Crippen molar-refractivity contribution < 1.29 is 4.74 Å². The highest BCUT2D eigenvalue weighted by molar-refractivity contribution is 7.23. The van der Waals surface area contributed by atoms with E-state index >= 15 is 0 Å². The number of methoxy groups -OCH3 is 1. The van der Waals surface area contributed by atoms with Crippen LogP contribution in [0.1, 0.15) is 43.3 Å². The number of aromatic nitrogens is 3. The van der Waals surface area contributed by atoms with Crippen molar-refractivity contribution in [3.8, 4) is 9.88 Å². The molecule has 108 valence electrons. The van der Waals surface area contributed by atoms with Gasteiger partial charge in [0.15, 0.2) is 5.01 Å². The maximum absolute atomic E-state index is 5.19. The summed E-state index contributed by atoms with van der Waals surface area (Å²) < 4.78 is 5.19. The van der Waals surface area contributed by atoms with E-state index in [9.17, 15) is 0 Å². The second-order valence-corrected chi connectivity index (χ2v) is 7.30. The van der Waals surface area contributed by atoms with Crippen molar-refractivity contribution in [2.75, 3.05) is 12.4 Å². The Morgan fingerprint density at radius 2 is 2.10 bits per heavy atom. The van der Waals surface area contributed by atoms with Crippen molar-refractivity contribution >= 4 is 27.8 Å². The van der Waals surface area contributed by atoms with Crippen molar-refractivity contribution in [2.24, 2.45) is 0 Å². The molecule has 7 heteroatoms. The quantitative estimate of drug-likeness (QED) is 0.885. The molecule has 0 saturated heterocycles. The zero-order valence-corrected chi connectivity index (χ0v) is 13.5. The number of ether oxygens (including phenoxy) is 1. The summed E-state index contributed by atoms with van der Waals surface area (Å²) in [6.07, 6.45) is 2.47. The van der Waals surface area contributed by atoms with Gasteiger partial charge in [0.05, 0.1) is 17.2 Å². The van der Waals surface area contributed by atoms with Gasteiger partial charge < -0.3 is 10.1 Å². The number of anilines is 1. The first-order valence-electron chi connectivity index (χ1n) is 6.76. The summed E-state index contributed by atoms with van der Waals surface area (Å²) in [4.78, 5) is 5.90. The van der Waals surface area contributed by atoms with Crippen LogP contribution in [-0.2, 0) is 11.3 Å². The SMILES string of the molecule is COCc1nc(C2CC2)c(-c2nnc(NC(C)C)s2)s1. The number of nitrogens with zero attached hydrogens (tertiary/aromatic N) is 3. The molecule has 2 heterocycles. The van der Waals surface area contributed by atoms with Gasteiger partial charge in [-0.15, -0.1) is 21.5 Å². The molecule has 20 heavy (non-hydrogen) atoms. The Morgan fingerprint density at radius 1 is 1.30 bits per heavy atom. The number of rotatable bonds is 6. The van der Waals surface area contributed by atoms with Crippen molar-refractivity contribution in [1.29, 1.82) is 0 Å². The lowest BCUT2D eigenvalue weighted by Gasteiger charge is -2.03. The highest BCUT2D eigenvalue weighted by atomic mass is 32.1. The normalized spacial score (nSPS) is 15.0. The Morgan fingerprint density at radius 3 is 2.75 bits per heavy atom. The monoisotopic (exact) mass is 310 g/mol. The predicted octanol–water partition coefficient (Wildman–Crippen LogP) is 3.51. The minimum atomic E-state index is 0.365. The smallest absolute Gasteiger partial charge is 0.206 e. The van der Waals surface area contributed by atoms with Crippen LogP contribution in [0.5, 0.6) is 0 Å². The molecule has 0 unspecified atom stereocenters. The molecule has 1 aliphatic carbocycles. The van der Waals surface area contributed by atoms with Crippen LogP contribution in [0, 0.1) is 0 Å². The summed E-state index contributed by atoms with van der Waals surface area (Å²) in [6, 6.07) is 0.365. The zero-order valence-electron chi connectivity index (χ0n) is 11.8. The fraction of sp³-hybridized carbons (Fsp3) is 0.615. The first-order valence-corrected chi connectivity index (χ1v) is 8.39. The van der Waals surface area contributed by atoms with Gasteiger partial charge in [0.25, 0.3) is 0 Å². The van der Waals surface area contributed by atoms with Crippen LogP contribution >= 0.6 is 22.7 Å². The van der Waals surface area contributed by atoms with Crippen molar-refractivity contribution in [3.05, 3.63) is 10.7 Å². The Bertz CT molecular complexity index is 589. The van der Waals surface area contributed by atoms with Gasteiger partial charge >= 0.3 is 0 Å². The summed E-state index contributed by atoms with van der Waals surface area (Å²) >= 11 is 3.28. The van der Waals surface area contributed by atoms with Gasteiger partial charge in [-0.25, -0.2) is 4.98 Å². The minimum Gasteiger partial charge on any atom is -0.378 e. The molecule has 1 N–H and O–H groups in total. The van der Waals surface area contributed by atoms with Gasteiger partial charge in [-0.2, -0.15) is 0 Å². The van der Waals surface area contributed by atoms with E-state index < -0.39 is 0 Å². The molecule has 1 saturated carbocycles. The molecule has 3 rings (SSSR count). The summed E-state index contributed by atoms with van der Waals surface area (Å²) in [7, 11) is 1.70. The van der Waals surface area contributed by atoms with Gasteiger partial charge in [0.1, 0.15) is 5.01 Å². The average molecular weight is 310 g/mol. The number of hydrogen-bond donors (Lipinski definition) is 1. The van der Waals surface area contributed by atoms with Gasteiger partial charge in [0.2, 0.25) is 5.13 Å². The highest BCUT2D eigenvalue weighted by Gasteiger charge is 2.31. The third-order valence-electron chi connectivity index (χ3n) is 2.96. The summed E-state index contributed by atoms with van der Waals surface area (Å²) in [5.41, 5.74) is 1.19. The fourth-order valence-electron chi connectivity index (χ4n) is 1.97. The number of hydrogen-bond acceptors (Lipinski definition) is 7. The van der Waals surface area contributed by atoms with E-state index in [4.69, 9.17) is 9.72 Å². The van der Waals surface area contributed by atoms with Gasteiger partial charge in [-0.3, -0.25) is 0 Å². The van der Waals surface area contributed by atoms with Crippen molar-refractivity contribution in [1.82, 2.24) is 15.2 Å². The van der Waals surface area contributed by atoms with E-state index in [1.807, 2.05) is 0 Å². The molecule has 0 aromatic carbocycles. The maximum Gasteiger partial charge on any atom is 0.206 e.